The first kappa shape index (κ1) is 15.2. The molecule has 0 aliphatic heterocycles. The van der Waals surface area contributed by atoms with Gasteiger partial charge in [-0.2, -0.15) is 0 Å². The molecular formula is C17H13N3O2S2. The number of thioether (sulfide) groups is 1. The van der Waals surface area contributed by atoms with Crippen LogP contribution in [0.2, 0.25) is 0 Å². The Kier molecular flexibility index (Phi) is 4.18. The SMILES string of the molecule is Cc1occc1-c1nnc(SCc2csc(-c3ccccc3)n2)o1. The summed E-state index contributed by atoms with van der Waals surface area (Å²) in [5, 5.41) is 11.8. The Morgan fingerprint density at radius 1 is 1.12 bits per heavy atom. The third-order valence-corrected chi connectivity index (χ3v) is 5.20. The number of thiazole rings is 1. The van der Waals surface area contributed by atoms with Gasteiger partial charge in [0.1, 0.15) is 10.8 Å². The van der Waals surface area contributed by atoms with E-state index in [-0.39, 0.29) is 0 Å². The molecule has 0 spiro atoms. The van der Waals surface area contributed by atoms with Crippen molar-refractivity contribution in [3.05, 3.63) is 59.5 Å². The highest BCUT2D eigenvalue weighted by Crippen LogP contribution is 2.29. The number of aromatic nitrogens is 3. The molecule has 0 bridgehead atoms. The Hall–Kier alpha value is -2.38. The summed E-state index contributed by atoms with van der Waals surface area (Å²) < 4.78 is 10.9. The Labute approximate surface area is 146 Å². The Bertz CT molecular complexity index is 944. The minimum Gasteiger partial charge on any atom is -0.469 e. The zero-order valence-corrected chi connectivity index (χ0v) is 14.4. The van der Waals surface area contributed by atoms with Crippen LogP contribution in [0.3, 0.4) is 0 Å². The van der Waals surface area contributed by atoms with Crippen molar-refractivity contribution < 1.29 is 8.83 Å². The quantitative estimate of drug-likeness (QED) is 0.467. The lowest BCUT2D eigenvalue weighted by molar-refractivity contribution is 0.463. The maximum atomic E-state index is 5.68. The molecule has 5 nitrogen and oxygen atoms in total. The summed E-state index contributed by atoms with van der Waals surface area (Å²) in [6, 6.07) is 12.0. The fourth-order valence-corrected chi connectivity index (χ4v) is 3.79. The first-order valence-electron chi connectivity index (χ1n) is 7.30. The largest absolute Gasteiger partial charge is 0.469 e. The number of aryl methyl sites for hydroxylation is 1. The van der Waals surface area contributed by atoms with Crippen molar-refractivity contribution >= 4 is 23.1 Å². The van der Waals surface area contributed by atoms with Crippen molar-refractivity contribution in [2.45, 2.75) is 17.9 Å². The molecule has 0 unspecified atom stereocenters. The third kappa shape index (κ3) is 3.13. The molecule has 0 atom stereocenters. The number of benzene rings is 1. The highest BCUT2D eigenvalue weighted by atomic mass is 32.2. The van der Waals surface area contributed by atoms with Gasteiger partial charge in [-0.05, 0) is 13.0 Å². The van der Waals surface area contributed by atoms with Crippen molar-refractivity contribution in [1.29, 1.82) is 0 Å². The van der Waals surface area contributed by atoms with Crippen LogP contribution < -0.4 is 0 Å². The molecule has 0 aliphatic carbocycles. The van der Waals surface area contributed by atoms with Crippen LogP contribution >= 0.6 is 23.1 Å². The van der Waals surface area contributed by atoms with Crippen molar-refractivity contribution in [1.82, 2.24) is 15.2 Å². The monoisotopic (exact) mass is 355 g/mol. The van der Waals surface area contributed by atoms with E-state index in [9.17, 15) is 0 Å². The molecule has 7 heteroatoms. The Morgan fingerprint density at radius 2 is 2.00 bits per heavy atom. The average Bonchev–Trinajstić information content (AvgIpc) is 3.34. The smallest absolute Gasteiger partial charge is 0.277 e. The van der Waals surface area contributed by atoms with Gasteiger partial charge < -0.3 is 8.83 Å². The number of nitrogens with zero attached hydrogens (tertiary/aromatic N) is 3. The van der Waals surface area contributed by atoms with Crippen LogP contribution in [0.1, 0.15) is 11.5 Å². The second kappa shape index (κ2) is 6.62. The molecule has 120 valence electrons. The second-order valence-electron chi connectivity index (χ2n) is 5.06. The van der Waals surface area contributed by atoms with Gasteiger partial charge in [0.05, 0.1) is 17.5 Å². The maximum Gasteiger partial charge on any atom is 0.277 e. The molecule has 0 aliphatic rings. The van der Waals surface area contributed by atoms with Gasteiger partial charge in [0.15, 0.2) is 0 Å². The average molecular weight is 355 g/mol. The lowest BCUT2D eigenvalue weighted by Gasteiger charge is -1.94. The van der Waals surface area contributed by atoms with E-state index in [1.165, 1.54) is 11.8 Å². The first-order chi connectivity index (χ1) is 11.8. The summed E-state index contributed by atoms with van der Waals surface area (Å²) in [6.07, 6.45) is 1.61. The molecule has 3 heterocycles. The standard InChI is InChI=1S/C17H13N3O2S2/c1-11-14(7-8-21-11)15-19-20-17(22-15)24-10-13-9-23-16(18-13)12-5-3-2-4-6-12/h2-9H,10H2,1H3. The summed E-state index contributed by atoms with van der Waals surface area (Å²) in [5.41, 5.74) is 2.96. The highest BCUT2D eigenvalue weighted by Gasteiger charge is 2.14. The molecule has 24 heavy (non-hydrogen) atoms. The van der Waals surface area contributed by atoms with E-state index in [4.69, 9.17) is 8.83 Å². The topological polar surface area (TPSA) is 65.0 Å². The molecule has 0 saturated heterocycles. The minimum absolute atomic E-state index is 0.479. The molecule has 1 aromatic carbocycles. The Balaban J connectivity index is 1.44. The van der Waals surface area contributed by atoms with Gasteiger partial charge in [0.2, 0.25) is 0 Å². The number of hydrogen-bond donors (Lipinski definition) is 0. The lowest BCUT2D eigenvalue weighted by atomic mass is 10.2. The predicted octanol–water partition coefficient (Wildman–Crippen LogP) is 5.05. The fraction of sp³-hybridized carbons (Fsp3) is 0.118. The molecule has 0 N–H and O–H groups in total. The maximum absolute atomic E-state index is 5.68. The van der Waals surface area contributed by atoms with E-state index in [1.54, 1.807) is 17.6 Å². The summed E-state index contributed by atoms with van der Waals surface area (Å²) in [5.74, 6) is 1.93. The Morgan fingerprint density at radius 3 is 2.79 bits per heavy atom. The summed E-state index contributed by atoms with van der Waals surface area (Å²) in [4.78, 5) is 4.66. The third-order valence-electron chi connectivity index (χ3n) is 3.41. The number of hydrogen-bond acceptors (Lipinski definition) is 7. The van der Waals surface area contributed by atoms with Crippen LogP contribution in [0.15, 0.2) is 62.1 Å². The van der Waals surface area contributed by atoms with E-state index in [2.05, 4.69) is 32.7 Å². The van der Waals surface area contributed by atoms with Crippen LogP contribution in [-0.2, 0) is 5.75 Å². The van der Waals surface area contributed by atoms with Gasteiger partial charge in [0.25, 0.3) is 11.1 Å². The van der Waals surface area contributed by atoms with Gasteiger partial charge in [0, 0.05) is 16.7 Å². The molecule has 4 rings (SSSR count). The van der Waals surface area contributed by atoms with Crippen LogP contribution in [-0.4, -0.2) is 15.2 Å². The van der Waals surface area contributed by atoms with Crippen molar-refractivity contribution in [3.63, 3.8) is 0 Å². The van der Waals surface area contributed by atoms with E-state index < -0.39 is 0 Å². The van der Waals surface area contributed by atoms with Gasteiger partial charge in [-0.15, -0.1) is 21.5 Å². The van der Waals surface area contributed by atoms with Gasteiger partial charge in [-0.1, -0.05) is 42.1 Å². The lowest BCUT2D eigenvalue weighted by Crippen LogP contribution is -1.82. The second-order valence-corrected chi connectivity index (χ2v) is 6.85. The van der Waals surface area contributed by atoms with E-state index in [1.807, 2.05) is 31.2 Å². The number of rotatable bonds is 5. The molecule has 0 amide bonds. The predicted molar refractivity (Wildman–Crippen MR) is 93.8 cm³/mol. The molecule has 0 saturated carbocycles. The molecule has 0 radical (unpaired) electrons. The highest BCUT2D eigenvalue weighted by molar-refractivity contribution is 7.98. The summed E-state index contributed by atoms with van der Waals surface area (Å²) in [7, 11) is 0. The van der Waals surface area contributed by atoms with Crippen LogP contribution in [0.25, 0.3) is 22.0 Å². The van der Waals surface area contributed by atoms with Gasteiger partial charge in [-0.3, -0.25) is 0 Å². The van der Waals surface area contributed by atoms with Gasteiger partial charge >= 0.3 is 0 Å². The molecule has 0 fully saturated rings. The molecule has 3 aromatic heterocycles. The van der Waals surface area contributed by atoms with Crippen molar-refractivity contribution in [2.24, 2.45) is 0 Å². The summed E-state index contributed by atoms with van der Waals surface area (Å²) >= 11 is 3.12. The molecule has 4 aromatic rings. The van der Waals surface area contributed by atoms with E-state index in [0.29, 0.717) is 16.9 Å². The normalized spacial score (nSPS) is 11.0. The first-order valence-corrected chi connectivity index (χ1v) is 9.17. The van der Waals surface area contributed by atoms with Gasteiger partial charge in [-0.25, -0.2) is 4.98 Å². The summed E-state index contributed by atoms with van der Waals surface area (Å²) in [6.45, 7) is 1.87. The van der Waals surface area contributed by atoms with Crippen LogP contribution in [0.4, 0.5) is 0 Å². The van der Waals surface area contributed by atoms with Crippen LogP contribution in [0.5, 0.6) is 0 Å². The van der Waals surface area contributed by atoms with E-state index in [0.717, 1.165) is 27.6 Å². The zero-order valence-electron chi connectivity index (χ0n) is 12.8. The molecular weight excluding hydrogens is 342 g/mol. The number of furan rings is 1. The zero-order chi connectivity index (χ0) is 16.4. The van der Waals surface area contributed by atoms with Crippen molar-refractivity contribution in [2.75, 3.05) is 0 Å². The van der Waals surface area contributed by atoms with Crippen molar-refractivity contribution in [3.8, 4) is 22.0 Å². The minimum atomic E-state index is 0.479. The van der Waals surface area contributed by atoms with E-state index >= 15 is 0 Å². The van der Waals surface area contributed by atoms with Crippen LogP contribution in [0, 0.1) is 6.92 Å². The fourth-order valence-electron chi connectivity index (χ4n) is 2.21.